The van der Waals surface area contributed by atoms with Gasteiger partial charge in [-0.05, 0) is 26.0 Å². The van der Waals surface area contributed by atoms with E-state index in [0.29, 0.717) is 23.7 Å². The van der Waals surface area contributed by atoms with Crippen molar-refractivity contribution in [2.24, 2.45) is 0 Å². The summed E-state index contributed by atoms with van der Waals surface area (Å²) < 4.78 is 4.86. The summed E-state index contributed by atoms with van der Waals surface area (Å²) in [4.78, 5) is 18.8. The van der Waals surface area contributed by atoms with E-state index in [1.54, 1.807) is 13.8 Å². The number of hydrogen-bond acceptors (Lipinski definition) is 5. The van der Waals surface area contributed by atoms with Crippen LogP contribution in [-0.4, -0.2) is 11.9 Å². The number of aliphatic carboxylic acids is 2. The molecule has 0 fully saturated rings. The third kappa shape index (κ3) is 24.5. The van der Waals surface area contributed by atoms with Crippen molar-refractivity contribution in [1.29, 1.82) is 0 Å². The summed E-state index contributed by atoms with van der Waals surface area (Å²) in [7, 11) is 0. The first kappa shape index (κ1) is 15.4. The van der Waals surface area contributed by atoms with Gasteiger partial charge in [-0.15, -0.1) is 0 Å². The highest BCUT2D eigenvalue weighted by Gasteiger charge is 1.80. The molecule has 0 spiro atoms. The largest absolute Gasteiger partial charge is 0.545 e. The first-order chi connectivity index (χ1) is 6.75. The van der Waals surface area contributed by atoms with Gasteiger partial charge in [0.1, 0.15) is 0 Å². The summed E-state index contributed by atoms with van der Waals surface area (Å²) in [6.45, 7) is 10.6. The number of rotatable bonds is 4. The van der Waals surface area contributed by atoms with Gasteiger partial charge in [0, 0.05) is 0 Å². The first-order valence-electron chi connectivity index (χ1n) is 3.84. The lowest BCUT2D eigenvalue weighted by atomic mass is 10.5. The lowest BCUT2D eigenvalue weighted by Gasteiger charge is -1.99. The van der Waals surface area contributed by atoms with Gasteiger partial charge in [0.25, 0.3) is 0 Å². The van der Waals surface area contributed by atoms with E-state index < -0.39 is 11.9 Å². The van der Waals surface area contributed by atoms with Gasteiger partial charge < -0.3 is 24.5 Å². The third-order valence-corrected chi connectivity index (χ3v) is 0.704. The summed E-state index contributed by atoms with van der Waals surface area (Å²) in [6.07, 6.45) is 0.769. The molecule has 0 aromatic heterocycles. The van der Waals surface area contributed by atoms with Crippen molar-refractivity contribution in [2.75, 3.05) is 0 Å². The Hall–Kier alpha value is -2.04. The smallest absolute Gasteiger partial charge is 0.0933 e. The number of allylic oxidation sites excluding steroid dienone is 2. The average Bonchev–Trinajstić information content (AvgIpc) is 1.99. The zero-order valence-corrected chi connectivity index (χ0v) is 8.61. The molecule has 0 aliphatic rings. The van der Waals surface area contributed by atoms with Gasteiger partial charge in [-0.1, -0.05) is 13.2 Å². The molecule has 0 saturated carbocycles. The van der Waals surface area contributed by atoms with Crippen molar-refractivity contribution in [3.63, 3.8) is 0 Å². The second kappa shape index (κ2) is 8.55. The zero-order chi connectivity index (χ0) is 12.4. The van der Waals surface area contributed by atoms with Gasteiger partial charge in [0.2, 0.25) is 0 Å². The van der Waals surface area contributed by atoms with Crippen LogP contribution in [0.25, 0.3) is 0 Å². The predicted octanol–water partition coefficient (Wildman–Crippen LogP) is -0.887. The average molecular weight is 212 g/mol. The van der Waals surface area contributed by atoms with E-state index in [0.717, 1.165) is 0 Å². The lowest BCUT2D eigenvalue weighted by molar-refractivity contribution is -0.301. The topological polar surface area (TPSA) is 89.5 Å². The zero-order valence-electron chi connectivity index (χ0n) is 8.61. The van der Waals surface area contributed by atoms with Gasteiger partial charge in [-0.3, -0.25) is 0 Å². The Morgan fingerprint density at radius 2 is 1.27 bits per heavy atom. The third-order valence-electron chi connectivity index (χ3n) is 0.704. The summed E-state index contributed by atoms with van der Waals surface area (Å²) in [5.41, 5.74) is 0. The maximum absolute atomic E-state index is 9.41. The molecule has 84 valence electrons. The van der Waals surface area contributed by atoms with Crippen molar-refractivity contribution in [3.8, 4) is 0 Å². The normalized spacial score (nSPS) is 8.67. The SMILES string of the molecule is C=C(C)OC(=C)C.O=C([O-])/C=C\C(=O)[O-]. The van der Waals surface area contributed by atoms with Crippen molar-refractivity contribution < 1.29 is 24.5 Å². The fourth-order valence-electron chi connectivity index (χ4n) is 0.434. The van der Waals surface area contributed by atoms with Crippen molar-refractivity contribution in [2.45, 2.75) is 13.8 Å². The van der Waals surface area contributed by atoms with Crippen LogP contribution in [0, 0.1) is 0 Å². The van der Waals surface area contributed by atoms with E-state index in [-0.39, 0.29) is 0 Å². The molecular weight excluding hydrogens is 200 g/mol. The van der Waals surface area contributed by atoms with Crippen LogP contribution in [0.2, 0.25) is 0 Å². The van der Waals surface area contributed by atoms with E-state index in [4.69, 9.17) is 4.74 Å². The molecule has 0 radical (unpaired) electrons. The second-order valence-corrected chi connectivity index (χ2v) is 2.48. The van der Waals surface area contributed by atoms with Crippen LogP contribution in [0.15, 0.2) is 36.8 Å². The van der Waals surface area contributed by atoms with E-state index in [1.165, 1.54) is 0 Å². The minimum atomic E-state index is -1.55. The minimum Gasteiger partial charge on any atom is -0.545 e. The fourth-order valence-corrected chi connectivity index (χ4v) is 0.434. The predicted molar refractivity (Wildman–Crippen MR) is 49.9 cm³/mol. The maximum atomic E-state index is 9.41. The van der Waals surface area contributed by atoms with Crippen LogP contribution >= 0.6 is 0 Å². The Bertz CT molecular complexity index is 260. The number of carbonyl (C=O) groups is 2. The molecule has 5 heteroatoms. The van der Waals surface area contributed by atoms with E-state index in [2.05, 4.69) is 13.2 Å². The summed E-state index contributed by atoms with van der Waals surface area (Å²) in [5, 5.41) is 18.8. The van der Waals surface area contributed by atoms with Gasteiger partial charge in [0.15, 0.2) is 0 Å². The fraction of sp³-hybridized carbons (Fsp3) is 0.200. The Morgan fingerprint density at radius 3 is 1.33 bits per heavy atom. The number of carboxylic acid groups (broad SMARTS) is 2. The Kier molecular flexibility index (Phi) is 8.80. The molecule has 0 aliphatic carbocycles. The van der Waals surface area contributed by atoms with Crippen molar-refractivity contribution in [3.05, 3.63) is 36.8 Å². The Morgan fingerprint density at radius 1 is 1.00 bits per heavy atom. The molecule has 0 heterocycles. The Labute approximate surface area is 88.0 Å². The number of carboxylic acids is 2. The van der Waals surface area contributed by atoms with Gasteiger partial charge in [-0.2, -0.15) is 0 Å². The molecule has 0 bridgehead atoms. The Balaban J connectivity index is 0. The molecule has 0 amide bonds. The molecule has 0 saturated heterocycles. The highest BCUT2D eigenvalue weighted by atomic mass is 16.5. The molecule has 0 rings (SSSR count). The number of carbonyl (C=O) groups excluding carboxylic acids is 2. The molecule has 0 unspecified atom stereocenters. The summed E-state index contributed by atoms with van der Waals surface area (Å²) in [5.74, 6) is -1.72. The highest BCUT2D eigenvalue weighted by Crippen LogP contribution is 1.97. The van der Waals surface area contributed by atoms with Gasteiger partial charge in [0.05, 0.1) is 23.5 Å². The maximum Gasteiger partial charge on any atom is 0.0933 e. The number of ether oxygens (including phenoxy) is 1. The second-order valence-electron chi connectivity index (χ2n) is 2.48. The standard InChI is InChI=1S/C6H10O.C4H4O4/c1-5(2)7-6(3)4;5-3(6)1-2-4(7)8/h1,3H2,2,4H3;1-2H,(H,5,6)(H,7,8)/p-2/b;2-1-. The van der Waals surface area contributed by atoms with Crippen LogP contribution in [0.4, 0.5) is 0 Å². The van der Waals surface area contributed by atoms with E-state index in [9.17, 15) is 19.8 Å². The van der Waals surface area contributed by atoms with E-state index >= 15 is 0 Å². The van der Waals surface area contributed by atoms with Crippen LogP contribution in [0.3, 0.4) is 0 Å². The molecular formula is C10H12O5-2. The van der Waals surface area contributed by atoms with Crippen LogP contribution in [0.1, 0.15) is 13.8 Å². The summed E-state index contributed by atoms with van der Waals surface area (Å²) in [6, 6.07) is 0. The van der Waals surface area contributed by atoms with Gasteiger partial charge in [-0.25, -0.2) is 0 Å². The molecule has 0 atom stereocenters. The summed E-state index contributed by atoms with van der Waals surface area (Å²) >= 11 is 0. The molecule has 5 nitrogen and oxygen atoms in total. The quantitative estimate of drug-likeness (QED) is 0.445. The van der Waals surface area contributed by atoms with Gasteiger partial charge >= 0.3 is 0 Å². The van der Waals surface area contributed by atoms with Crippen LogP contribution < -0.4 is 10.2 Å². The molecule has 0 aromatic rings. The minimum absolute atomic E-state index is 0.384. The van der Waals surface area contributed by atoms with Crippen molar-refractivity contribution >= 4 is 11.9 Å². The monoisotopic (exact) mass is 212 g/mol. The van der Waals surface area contributed by atoms with Crippen LogP contribution in [0.5, 0.6) is 0 Å². The first-order valence-corrected chi connectivity index (χ1v) is 3.84. The molecule has 0 aliphatic heterocycles. The number of hydrogen-bond donors (Lipinski definition) is 0. The highest BCUT2D eigenvalue weighted by molar-refractivity contribution is 5.87. The van der Waals surface area contributed by atoms with E-state index in [1.807, 2.05) is 0 Å². The lowest BCUT2D eigenvalue weighted by Crippen LogP contribution is -2.23. The van der Waals surface area contributed by atoms with Crippen molar-refractivity contribution in [1.82, 2.24) is 0 Å². The molecule has 0 aromatic carbocycles. The van der Waals surface area contributed by atoms with Crippen LogP contribution in [-0.2, 0) is 14.3 Å². The molecule has 15 heavy (non-hydrogen) atoms. The molecule has 0 N–H and O–H groups in total.